The molecule has 7 nitrogen and oxygen atoms in total. The molecule has 0 saturated heterocycles. The average molecular weight is 316 g/mol. The molecule has 0 aliphatic carbocycles. The quantitative estimate of drug-likeness (QED) is 0.694. The Kier molecular flexibility index (Phi) is 6.86. The topological polar surface area (TPSA) is 105 Å². The standard InChI is InChI=1S/C15H28N2O5/c1-8-9(2)10(16-13(21)22-14(3,4)5)11(18)17-15(6,7)12(19)20/h9-10H,8H2,1-7H3,(H,16,21)(H,17,18)(H,19,20)/t9-,10-/m0/s1. The normalized spacial score (nSPS) is 14.7. The maximum absolute atomic E-state index is 12.3. The fourth-order valence-electron chi connectivity index (χ4n) is 1.58. The lowest BCUT2D eigenvalue weighted by Crippen LogP contribution is -2.58. The molecule has 0 rings (SSSR count). The monoisotopic (exact) mass is 316 g/mol. The van der Waals surface area contributed by atoms with Crippen LogP contribution in [0.3, 0.4) is 0 Å². The van der Waals surface area contributed by atoms with E-state index in [2.05, 4.69) is 10.6 Å². The molecule has 0 bridgehead atoms. The Bertz CT molecular complexity index is 426. The van der Waals surface area contributed by atoms with Gasteiger partial charge in [-0.25, -0.2) is 9.59 Å². The maximum atomic E-state index is 12.3. The Hall–Kier alpha value is -1.79. The summed E-state index contributed by atoms with van der Waals surface area (Å²) in [5, 5.41) is 14.0. The Morgan fingerprint density at radius 3 is 2.00 bits per heavy atom. The van der Waals surface area contributed by atoms with E-state index >= 15 is 0 Å². The molecule has 0 aliphatic heterocycles. The molecule has 0 heterocycles. The van der Waals surface area contributed by atoms with Crippen LogP contribution in [-0.4, -0.2) is 40.3 Å². The molecule has 0 saturated carbocycles. The van der Waals surface area contributed by atoms with Crippen LogP contribution in [0.15, 0.2) is 0 Å². The minimum Gasteiger partial charge on any atom is -0.480 e. The number of hydrogen-bond donors (Lipinski definition) is 3. The molecule has 0 aliphatic rings. The van der Waals surface area contributed by atoms with Crippen LogP contribution in [0.1, 0.15) is 54.9 Å². The number of rotatable bonds is 6. The van der Waals surface area contributed by atoms with Crippen molar-refractivity contribution in [2.75, 3.05) is 0 Å². The van der Waals surface area contributed by atoms with Crippen LogP contribution >= 0.6 is 0 Å². The summed E-state index contributed by atoms with van der Waals surface area (Å²) in [5.41, 5.74) is -2.10. The lowest BCUT2D eigenvalue weighted by Gasteiger charge is -2.29. The third kappa shape index (κ3) is 6.78. The molecule has 0 aromatic rings. The van der Waals surface area contributed by atoms with E-state index in [1.54, 1.807) is 27.7 Å². The Morgan fingerprint density at radius 1 is 1.14 bits per heavy atom. The van der Waals surface area contributed by atoms with Crippen molar-refractivity contribution in [2.45, 2.75) is 72.1 Å². The molecule has 128 valence electrons. The summed E-state index contributed by atoms with van der Waals surface area (Å²) in [5.74, 6) is -1.87. The van der Waals surface area contributed by atoms with Crippen molar-refractivity contribution in [3.8, 4) is 0 Å². The van der Waals surface area contributed by atoms with Gasteiger partial charge in [0.25, 0.3) is 0 Å². The van der Waals surface area contributed by atoms with Crippen molar-refractivity contribution in [1.82, 2.24) is 10.6 Å². The van der Waals surface area contributed by atoms with E-state index in [0.29, 0.717) is 6.42 Å². The number of hydrogen-bond acceptors (Lipinski definition) is 4. The van der Waals surface area contributed by atoms with E-state index < -0.39 is 35.2 Å². The number of alkyl carbamates (subject to hydrolysis) is 1. The second-order valence-electron chi connectivity index (χ2n) is 6.93. The number of nitrogens with one attached hydrogen (secondary N) is 2. The molecule has 0 aromatic heterocycles. The number of aliphatic carboxylic acids is 1. The zero-order chi connectivity index (χ0) is 17.7. The smallest absolute Gasteiger partial charge is 0.408 e. The Balaban J connectivity index is 5.03. The molecule has 0 unspecified atom stereocenters. The van der Waals surface area contributed by atoms with Gasteiger partial charge in [0.05, 0.1) is 0 Å². The van der Waals surface area contributed by atoms with Crippen molar-refractivity contribution < 1.29 is 24.2 Å². The Labute approximate surface area is 131 Å². The van der Waals surface area contributed by atoms with Gasteiger partial charge in [0.1, 0.15) is 17.2 Å². The van der Waals surface area contributed by atoms with Gasteiger partial charge in [0.15, 0.2) is 0 Å². The predicted octanol–water partition coefficient (Wildman–Crippen LogP) is 1.91. The van der Waals surface area contributed by atoms with Gasteiger partial charge >= 0.3 is 12.1 Å². The van der Waals surface area contributed by atoms with Gasteiger partial charge in [-0.1, -0.05) is 20.3 Å². The van der Waals surface area contributed by atoms with Crippen LogP contribution in [0.4, 0.5) is 4.79 Å². The summed E-state index contributed by atoms with van der Waals surface area (Å²) < 4.78 is 5.14. The van der Waals surface area contributed by atoms with Crippen LogP contribution < -0.4 is 10.6 Å². The highest BCUT2D eigenvalue weighted by molar-refractivity contribution is 5.91. The predicted molar refractivity (Wildman–Crippen MR) is 82.5 cm³/mol. The molecule has 2 amide bonds. The van der Waals surface area contributed by atoms with Crippen LogP contribution in [0.2, 0.25) is 0 Å². The molecule has 3 N–H and O–H groups in total. The van der Waals surface area contributed by atoms with Gasteiger partial charge in [-0.15, -0.1) is 0 Å². The molecule has 2 atom stereocenters. The summed E-state index contributed by atoms with van der Waals surface area (Å²) in [6.45, 7) is 11.6. The number of carboxylic acid groups (broad SMARTS) is 1. The van der Waals surface area contributed by atoms with Crippen LogP contribution in [0.25, 0.3) is 0 Å². The van der Waals surface area contributed by atoms with Crippen molar-refractivity contribution in [1.29, 1.82) is 0 Å². The van der Waals surface area contributed by atoms with Crippen LogP contribution in [0.5, 0.6) is 0 Å². The van der Waals surface area contributed by atoms with E-state index in [0.717, 1.165) is 0 Å². The molecule has 0 aromatic carbocycles. The minimum atomic E-state index is -1.42. The fourth-order valence-corrected chi connectivity index (χ4v) is 1.58. The van der Waals surface area contributed by atoms with Gasteiger partial charge in [-0.2, -0.15) is 0 Å². The van der Waals surface area contributed by atoms with E-state index in [1.807, 2.05) is 6.92 Å². The highest BCUT2D eigenvalue weighted by atomic mass is 16.6. The van der Waals surface area contributed by atoms with Gasteiger partial charge < -0.3 is 20.5 Å². The first-order valence-electron chi connectivity index (χ1n) is 7.35. The second-order valence-corrected chi connectivity index (χ2v) is 6.93. The van der Waals surface area contributed by atoms with E-state index in [-0.39, 0.29) is 5.92 Å². The van der Waals surface area contributed by atoms with Gasteiger partial charge in [0.2, 0.25) is 5.91 Å². The van der Waals surface area contributed by atoms with Crippen LogP contribution in [-0.2, 0) is 14.3 Å². The lowest BCUT2D eigenvalue weighted by atomic mass is 9.96. The zero-order valence-electron chi connectivity index (χ0n) is 14.4. The van der Waals surface area contributed by atoms with Gasteiger partial charge in [-0.3, -0.25) is 4.79 Å². The Morgan fingerprint density at radius 2 is 1.64 bits per heavy atom. The largest absolute Gasteiger partial charge is 0.480 e. The molecule has 0 fully saturated rings. The van der Waals surface area contributed by atoms with E-state index in [1.165, 1.54) is 13.8 Å². The highest BCUT2D eigenvalue weighted by Crippen LogP contribution is 2.13. The number of carboxylic acids is 1. The number of carbonyl (C=O) groups is 3. The average Bonchev–Trinajstić information content (AvgIpc) is 2.31. The third-order valence-corrected chi connectivity index (χ3v) is 3.14. The first-order valence-corrected chi connectivity index (χ1v) is 7.35. The maximum Gasteiger partial charge on any atom is 0.408 e. The SMILES string of the molecule is CC[C@H](C)[C@H](NC(=O)OC(C)(C)C)C(=O)NC(C)(C)C(=O)O. The van der Waals surface area contributed by atoms with Crippen LogP contribution in [0, 0.1) is 5.92 Å². The first-order chi connectivity index (χ1) is 9.80. The molecule has 0 radical (unpaired) electrons. The van der Waals surface area contributed by atoms with Crippen molar-refractivity contribution >= 4 is 18.0 Å². The van der Waals surface area contributed by atoms with Crippen molar-refractivity contribution in [2.24, 2.45) is 5.92 Å². The highest BCUT2D eigenvalue weighted by Gasteiger charge is 2.35. The summed E-state index contributed by atoms with van der Waals surface area (Å²) in [6, 6.07) is -0.863. The summed E-state index contributed by atoms with van der Waals surface area (Å²) in [6.07, 6.45) is -0.0671. The lowest BCUT2D eigenvalue weighted by molar-refractivity contribution is -0.146. The molecular formula is C15H28N2O5. The molecule has 22 heavy (non-hydrogen) atoms. The number of carbonyl (C=O) groups excluding carboxylic acids is 2. The summed E-state index contributed by atoms with van der Waals surface area (Å²) in [4.78, 5) is 35.3. The minimum absolute atomic E-state index is 0.169. The number of ether oxygens (including phenoxy) is 1. The second kappa shape index (κ2) is 7.47. The third-order valence-electron chi connectivity index (χ3n) is 3.14. The number of amides is 2. The fraction of sp³-hybridized carbons (Fsp3) is 0.800. The van der Waals surface area contributed by atoms with E-state index in [9.17, 15) is 14.4 Å². The molecule has 0 spiro atoms. The zero-order valence-corrected chi connectivity index (χ0v) is 14.4. The first kappa shape index (κ1) is 20.2. The molecule has 7 heteroatoms. The van der Waals surface area contributed by atoms with Gasteiger partial charge in [0, 0.05) is 0 Å². The van der Waals surface area contributed by atoms with Crippen molar-refractivity contribution in [3.05, 3.63) is 0 Å². The summed E-state index contributed by atoms with van der Waals surface area (Å²) >= 11 is 0. The van der Waals surface area contributed by atoms with E-state index in [4.69, 9.17) is 9.84 Å². The molecular weight excluding hydrogens is 288 g/mol. The van der Waals surface area contributed by atoms with Gasteiger partial charge in [-0.05, 0) is 40.5 Å². The summed E-state index contributed by atoms with van der Waals surface area (Å²) in [7, 11) is 0. The van der Waals surface area contributed by atoms with Crippen molar-refractivity contribution in [3.63, 3.8) is 0 Å².